The summed E-state index contributed by atoms with van der Waals surface area (Å²) >= 11 is 0. The number of fused-ring (bicyclic) bond motifs is 1. The Hall–Kier alpha value is -2.69. The third-order valence-electron chi connectivity index (χ3n) is 4.60. The molecule has 3 aromatic rings. The number of rotatable bonds is 4. The average Bonchev–Trinajstić information content (AvgIpc) is 3.35. The number of carbonyl (C=O) groups excluding carboxylic acids is 1. The van der Waals surface area contributed by atoms with Gasteiger partial charge >= 0.3 is 0 Å². The number of benzene rings is 1. The third-order valence-corrected chi connectivity index (χ3v) is 4.60. The van der Waals surface area contributed by atoms with Crippen LogP contribution < -0.4 is 5.32 Å². The van der Waals surface area contributed by atoms with Crippen LogP contribution in [0.4, 0.5) is 4.39 Å². The van der Waals surface area contributed by atoms with E-state index in [0.717, 1.165) is 11.1 Å². The molecule has 1 fully saturated rings. The van der Waals surface area contributed by atoms with E-state index >= 15 is 0 Å². The first-order valence-electron chi connectivity index (χ1n) is 8.15. The average molecular weight is 323 g/mol. The summed E-state index contributed by atoms with van der Waals surface area (Å²) < 4.78 is 14.9. The van der Waals surface area contributed by atoms with Gasteiger partial charge in [0.1, 0.15) is 11.5 Å². The Morgan fingerprint density at radius 3 is 2.71 bits per heavy atom. The monoisotopic (exact) mass is 323 g/mol. The first-order chi connectivity index (χ1) is 11.6. The van der Waals surface area contributed by atoms with Crippen LogP contribution in [-0.4, -0.2) is 21.3 Å². The molecule has 0 unspecified atom stereocenters. The molecular weight excluding hydrogens is 305 g/mol. The van der Waals surface area contributed by atoms with E-state index in [1.165, 1.54) is 25.0 Å². The third kappa shape index (κ3) is 2.77. The van der Waals surface area contributed by atoms with Crippen molar-refractivity contribution in [3.05, 3.63) is 60.3 Å². The molecule has 1 atom stereocenters. The fourth-order valence-corrected chi connectivity index (χ4v) is 2.96. The van der Waals surface area contributed by atoms with E-state index in [9.17, 15) is 9.18 Å². The lowest BCUT2D eigenvalue weighted by Crippen LogP contribution is -2.33. The Balaban J connectivity index is 1.62. The topological polar surface area (TPSA) is 46.4 Å². The lowest BCUT2D eigenvalue weighted by atomic mass is 10.1. The van der Waals surface area contributed by atoms with Crippen LogP contribution in [0.25, 0.3) is 16.8 Å². The maximum Gasteiger partial charge on any atom is 0.255 e. The predicted octanol–water partition coefficient (Wildman–Crippen LogP) is 3.67. The minimum absolute atomic E-state index is 0.0843. The Labute approximate surface area is 139 Å². The van der Waals surface area contributed by atoms with Crippen molar-refractivity contribution in [2.75, 3.05) is 0 Å². The summed E-state index contributed by atoms with van der Waals surface area (Å²) in [5, 5.41) is 3.05. The van der Waals surface area contributed by atoms with Crippen LogP contribution in [0.15, 0.2) is 48.9 Å². The van der Waals surface area contributed by atoms with Gasteiger partial charge in [0, 0.05) is 30.2 Å². The minimum atomic E-state index is -0.266. The number of carbonyl (C=O) groups is 1. The molecule has 0 bridgehead atoms. The fraction of sp³-hybridized carbons (Fsp3) is 0.263. The number of nitrogens with one attached hydrogen (secondary N) is 1. The molecule has 0 radical (unpaired) electrons. The summed E-state index contributed by atoms with van der Waals surface area (Å²) in [6.45, 7) is 2.05. The van der Waals surface area contributed by atoms with Gasteiger partial charge in [-0.15, -0.1) is 0 Å². The Kier molecular flexibility index (Phi) is 3.56. The van der Waals surface area contributed by atoms with Crippen molar-refractivity contribution >= 4 is 11.6 Å². The fourth-order valence-electron chi connectivity index (χ4n) is 2.96. The second kappa shape index (κ2) is 5.74. The highest BCUT2D eigenvalue weighted by Crippen LogP contribution is 2.32. The van der Waals surface area contributed by atoms with Crippen LogP contribution in [0, 0.1) is 11.7 Å². The summed E-state index contributed by atoms with van der Waals surface area (Å²) in [5.41, 5.74) is 2.96. The molecule has 1 amide bonds. The van der Waals surface area contributed by atoms with Crippen LogP contribution in [0.3, 0.4) is 0 Å². The second-order valence-corrected chi connectivity index (χ2v) is 6.41. The van der Waals surface area contributed by atoms with E-state index < -0.39 is 0 Å². The number of aromatic nitrogens is 2. The summed E-state index contributed by atoms with van der Waals surface area (Å²) in [6.07, 6.45) is 7.82. The normalized spacial score (nSPS) is 15.4. The summed E-state index contributed by atoms with van der Waals surface area (Å²) in [4.78, 5) is 16.9. The predicted molar refractivity (Wildman–Crippen MR) is 90.2 cm³/mol. The number of halogens is 1. The maximum absolute atomic E-state index is 13.0. The van der Waals surface area contributed by atoms with Crippen molar-refractivity contribution in [3.8, 4) is 11.1 Å². The van der Waals surface area contributed by atoms with Crippen molar-refractivity contribution in [1.29, 1.82) is 0 Å². The molecule has 1 aliphatic rings. The highest BCUT2D eigenvalue weighted by molar-refractivity contribution is 6.00. The highest BCUT2D eigenvalue weighted by Gasteiger charge is 2.29. The van der Waals surface area contributed by atoms with E-state index in [2.05, 4.69) is 10.3 Å². The number of nitrogens with zero attached hydrogens (tertiary/aromatic N) is 2. The molecule has 5 heteroatoms. The molecule has 0 spiro atoms. The number of hydrogen-bond donors (Lipinski definition) is 1. The molecular formula is C19H18FN3O. The van der Waals surface area contributed by atoms with Gasteiger partial charge in [-0.25, -0.2) is 9.37 Å². The minimum Gasteiger partial charge on any atom is -0.349 e. The number of hydrogen-bond acceptors (Lipinski definition) is 2. The quantitative estimate of drug-likeness (QED) is 0.796. The van der Waals surface area contributed by atoms with Gasteiger partial charge in [-0.1, -0.05) is 12.1 Å². The zero-order chi connectivity index (χ0) is 16.7. The van der Waals surface area contributed by atoms with Crippen molar-refractivity contribution in [1.82, 2.24) is 14.7 Å². The van der Waals surface area contributed by atoms with Crippen molar-refractivity contribution < 1.29 is 9.18 Å². The van der Waals surface area contributed by atoms with Crippen LogP contribution in [0.5, 0.6) is 0 Å². The lowest BCUT2D eigenvalue weighted by Gasteiger charge is -2.12. The summed E-state index contributed by atoms with van der Waals surface area (Å²) in [6, 6.07) is 8.26. The largest absolute Gasteiger partial charge is 0.349 e. The summed E-state index contributed by atoms with van der Waals surface area (Å²) in [5.74, 6) is 0.261. The zero-order valence-electron chi connectivity index (χ0n) is 13.4. The van der Waals surface area contributed by atoms with Crippen LogP contribution >= 0.6 is 0 Å². The smallest absolute Gasteiger partial charge is 0.255 e. The molecule has 1 N–H and O–H groups in total. The van der Waals surface area contributed by atoms with Crippen LogP contribution in [0.2, 0.25) is 0 Å². The SMILES string of the molecule is C[C@H](NC(=O)c1ccn2cc(-c3ccc(F)cc3)cnc12)C1CC1. The van der Waals surface area contributed by atoms with E-state index in [0.29, 0.717) is 17.1 Å². The molecule has 0 saturated heterocycles. The van der Waals surface area contributed by atoms with E-state index in [4.69, 9.17) is 0 Å². The van der Waals surface area contributed by atoms with Gasteiger partial charge in [-0.05, 0) is 49.4 Å². The first-order valence-corrected chi connectivity index (χ1v) is 8.15. The van der Waals surface area contributed by atoms with Crippen LogP contribution in [-0.2, 0) is 0 Å². The van der Waals surface area contributed by atoms with Crippen LogP contribution in [0.1, 0.15) is 30.1 Å². The molecule has 122 valence electrons. The van der Waals surface area contributed by atoms with Gasteiger partial charge in [0.2, 0.25) is 0 Å². The molecule has 2 heterocycles. The van der Waals surface area contributed by atoms with Gasteiger partial charge in [0.05, 0.1) is 5.56 Å². The van der Waals surface area contributed by atoms with Gasteiger partial charge in [-0.3, -0.25) is 4.79 Å². The molecule has 1 aromatic carbocycles. The molecule has 4 nitrogen and oxygen atoms in total. The van der Waals surface area contributed by atoms with Crippen molar-refractivity contribution in [3.63, 3.8) is 0 Å². The van der Waals surface area contributed by atoms with Crippen molar-refractivity contribution in [2.24, 2.45) is 5.92 Å². The number of amides is 1. The standard InChI is InChI=1S/C19H18FN3O/c1-12(13-2-3-13)22-19(24)17-8-9-23-11-15(10-21-18(17)23)14-4-6-16(20)7-5-14/h4-13H,2-3H2,1H3,(H,22,24)/t12-/m0/s1. The van der Waals surface area contributed by atoms with E-state index in [1.54, 1.807) is 24.4 Å². The second-order valence-electron chi connectivity index (χ2n) is 6.41. The maximum atomic E-state index is 13.0. The van der Waals surface area contributed by atoms with Crippen molar-refractivity contribution in [2.45, 2.75) is 25.8 Å². The van der Waals surface area contributed by atoms with Gasteiger partial charge in [0.15, 0.2) is 0 Å². The summed E-state index contributed by atoms with van der Waals surface area (Å²) in [7, 11) is 0. The lowest BCUT2D eigenvalue weighted by molar-refractivity contribution is 0.0937. The first kappa shape index (κ1) is 14.9. The molecule has 24 heavy (non-hydrogen) atoms. The Morgan fingerprint density at radius 2 is 2.00 bits per heavy atom. The van der Waals surface area contributed by atoms with Gasteiger partial charge in [0.25, 0.3) is 5.91 Å². The molecule has 0 aliphatic heterocycles. The molecule has 4 rings (SSSR count). The van der Waals surface area contributed by atoms with Gasteiger partial charge < -0.3 is 9.72 Å². The van der Waals surface area contributed by atoms with Gasteiger partial charge in [-0.2, -0.15) is 0 Å². The van der Waals surface area contributed by atoms with E-state index in [-0.39, 0.29) is 17.8 Å². The highest BCUT2D eigenvalue weighted by atomic mass is 19.1. The Bertz CT molecular complexity index is 897. The molecule has 2 aromatic heterocycles. The molecule has 1 aliphatic carbocycles. The Morgan fingerprint density at radius 1 is 1.25 bits per heavy atom. The zero-order valence-corrected chi connectivity index (χ0v) is 13.4. The molecule has 1 saturated carbocycles. The van der Waals surface area contributed by atoms with E-state index in [1.807, 2.05) is 23.7 Å².